The van der Waals surface area contributed by atoms with Crippen LogP contribution in [0.2, 0.25) is 0 Å². The number of carbonyl (C=O) groups excluding carboxylic acids is 4. The number of methoxy groups -OCH3 is 3. The highest BCUT2D eigenvalue weighted by Crippen LogP contribution is 2.80. The summed E-state index contributed by atoms with van der Waals surface area (Å²) in [6.07, 6.45) is 0.272. The zero-order chi connectivity index (χ0) is 38.7. The molecule has 2 amide bonds. The Morgan fingerprint density at radius 3 is 2.43 bits per heavy atom. The Kier molecular flexibility index (Phi) is 9.18. The molecule has 7 aliphatic rings. The van der Waals surface area contributed by atoms with E-state index in [0.29, 0.717) is 38.8 Å². The molecule has 2 heterocycles. The number of aliphatic hydroxyl groups is 2. The summed E-state index contributed by atoms with van der Waals surface area (Å²) in [5.74, 6) is -3.98. The van der Waals surface area contributed by atoms with Gasteiger partial charge in [0, 0.05) is 75.2 Å². The molecular weight excluding hydrogens is 696 g/mol. The molecule has 296 valence electrons. The summed E-state index contributed by atoms with van der Waals surface area (Å²) < 4.78 is 31.7. The number of likely N-dealkylation sites (tertiary alicyclic amines) is 1. The first-order valence-corrected chi connectivity index (χ1v) is 19.9. The molecule has 5 saturated carbocycles. The van der Waals surface area contributed by atoms with Crippen molar-refractivity contribution >= 4 is 29.4 Å². The molecule has 13 heteroatoms. The summed E-state index contributed by atoms with van der Waals surface area (Å²) in [5, 5.41) is 27.1. The number of likely N-dealkylation sites (N-methyl/N-ethyl adjacent to an activating group) is 1. The molecule has 0 aromatic heterocycles. The number of anilines is 1. The van der Waals surface area contributed by atoms with Gasteiger partial charge in [-0.25, -0.2) is 9.69 Å². The van der Waals surface area contributed by atoms with Crippen molar-refractivity contribution in [2.75, 3.05) is 45.9 Å². The van der Waals surface area contributed by atoms with E-state index in [9.17, 15) is 29.4 Å². The number of benzene rings is 1. The first-order chi connectivity index (χ1) is 25.7. The molecular formula is C41H56N2O11. The molecule has 1 spiro atoms. The first-order valence-electron chi connectivity index (χ1n) is 19.9. The number of amides is 2. The van der Waals surface area contributed by atoms with Crippen LogP contribution in [0.25, 0.3) is 0 Å². The fourth-order valence-corrected chi connectivity index (χ4v) is 13.4. The molecule has 1 aromatic rings. The second kappa shape index (κ2) is 13.1. The third-order valence-electron chi connectivity index (χ3n) is 15.5. The molecule has 1 aromatic carbocycles. The topological polar surface area (TPSA) is 161 Å². The number of hydrogen-bond donors (Lipinski definition) is 2. The van der Waals surface area contributed by atoms with Crippen LogP contribution in [-0.4, -0.2) is 122 Å². The summed E-state index contributed by atoms with van der Waals surface area (Å²) in [6, 6.07) is 5.96. The van der Waals surface area contributed by atoms with Gasteiger partial charge in [-0.1, -0.05) is 39.8 Å². The van der Waals surface area contributed by atoms with E-state index in [1.54, 1.807) is 52.5 Å². The summed E-state index contributed by atoms with van der Waals surface area (Å²) in [5.41, 5.74) is -4.76. The van der Waals surface area contributed by atoms with E-state index in [0.717, 1.165) is 4.90 Å². The van der Waals surface area contributed by atoms with Crippen LogP contribution in [0.5, 0.6) is 0 Å². The number of hydrogen-bond acceptors (Lipinski definition) is 12. The van der Waals surface area contributed by atoms with E-state index in [-0.39, 0.29) is 72.3 Å². The fraction of sp³-hybridized carbons (Fsp3) is 0.756. The second-order valence-electron chi connectivity index (χ2n) is 17.5. The molecule has 8 rings (SSSR count). The van der Waals surface area contributed by atoms with Crippen molar-refractivity contribution in [1.29, 1.82) is 0 Å². The van der Waals surface area contributed by atoms with E-state index in [1.165, 1.54) is 0 Å². The van der Waals surface area contributed by atoms with Crippen molar-refractivity contribution in [2.45, 2.75) is 108 Å². The summed E-state index contributed by atoms with van der Waals surface area (Å²) in [7, 11) is 4.89. The smallest absolute Gasteiger partial charge is 0.340 e. The van der Waals surface area contributed by atoms with Gasteiger partial charge in [0.05, 0.1) is 48.1 Å². The maximum absolute atomic E-state index is 14.2. The van der Waals surface area contributed by atoms with Gasteiger partial charge in [0.25, 0.3) is 0 Å². The standard InChI is InChI=1S/C41H56N2O11/c1-8-21(3)35(46)54-31-24-17-25-30(31)39(48,18-27(24)50-5)41(49)33(52-7)32-38(15-14-28(51-6)40(25,32)37(41)42(9-2)19-38)20-53-36(47)23-12-10-11-13-26(23)43-29(44)16-22(4)34(43)45/h10-13,21-22,24-25,27-28,30-33,37,48-49H,8-9,14-20H2,1-7H3/t21-,22?,24+,25+,27-,28-,30+,31-,32+,33-,37-,38-,39+,40-,41+/m0/s1. The molecule has 13 nitrogen and oxygen atoms in total. The number of fused-ring (bicyclic) bond motifs is 2. The van der Waals surface area contributed by atoms with Crippen LogP contribution >= 0.6 is 0 Å². The van der Waals surface area contributed by atoms with Crippen LogP contribution in [0.15, 0.2) is 24.3 Å². The van der Waals surface area contributed by atoms with E-state index in [1.807, 2.05) is 20.8 Å². The van der Waals surface area contributed by atoms with Gasteiger partial charge in [0.2, 0.25) is 11.8 Å². The van der Waals surface area contributed by atoms with Gasteiger partial charge in [-0.05, 0) is 50.3 Å². The number of rotatable bonds is 11. The minimum atomic E-state index is -1.83. The van der Waals surface area contributed by atoms with E-state index in [2.05, 4.69) is 4.90 Å². The third-order valence-corrected chi connectivity index (χ3v) is 15.5. The summed E-state index contributed by atoms with van der Waals surface area (Å²) >= 11 is 0. The number of carbonyl (C=O) groups is 4. The van der Waals surface area contributed by atoms with Crippen molar-refractivity contribution in [3.63, 3.8) is 0 Å². The van der Waals surface area contributed by atoms with Crippen LogP contribution in [0.4, 0.5) is 5.69 Å². The Morgan fingerprint density at radius 2 is 1.80 bits per heavy atom. The average molecular weight is 753 g/mol. The molecule has 1 unspecified atom stereocenters. The Labute approximate surface area is 316 Å². The number of para-hydroxylation sites is 1. The SMILES string of the molecule is CC[C@H](C)C(=O)O[C@H]1[C@@H]2C[C@@H]3[C@H]1[C@](O)(C[C@@H]2OC)[C@@]1(O)[C@@H](OC)[C@@H]2[C@@]4(COC(=O)c5ccccc5N5C(=O)CC(C)C5=O)CC[C@H](OC)[C@@]32[C@@H]1N(CC)C4. The molecule has 0 radical (unpaired) electrons. The predicted molar refractivity (Wildman–Crippen MR) is 193 cm³/mol. The molecule has 7 bridgehead atoms. The van der Waals surface area contributed by atoms with Crippen LogP contribution in [-0.2, 0) is 38.1 Å². The molecule has 2 aliphatic heterocycles. The lowest BCUT2D eigenvalue weighted by Crippen LogP contribution is -2.82. The quantitative estimate of drug-likeness (QED) is 0.252. The zero-order valence-corrected chi connectivity index (χ0v) is 32.5. The van der Waals surface area contributed by atoms with Crippen molar-refractivity contribution in [3.05, 3.63) is 29.8 Å². The summed E-state index contributed by atoms with van der Waals surface area (Å²) in [4.78, 5) is 57.0. The minimum Gasteiger partial charge on any atom is -0.461 e. The maximum atomic E-state index is 14.2. The molecule has 2 saturated heterocycles. The van der Waals surface area contributed by atoms with Crippen molar-refractivity contribution < 1.29 is 53.1 Å². The van der Waals surface area contributed by atoms with Crippen LogP contribution < -0.4 is 4.90 Å². The number of ether oxygens (including phenoxy) is 5. The van der Waals surface area contributed by atoms with E-state index >= 15 is 0 Å². The van der Waals surface area contributed by atoms with E-state index < -0.39 is 70.1 Å². The molecule has 2 N–H and O–H groups in total. The van der Waals surface area contributed by atoms with Gasteiger partial charge in [-0.3, -0.25) is 19.3 Å². The number of piperidine rings is 1. The number of imide groups is 1. The Morgan fingerprint density at radius 1 is 1.06 bits per heavy atom. The highest BCUT2D eigenvalue weighted by Gasteiger charge is 2.92. The van der Waals surface area contributed by atoms with Crippen molar-refractivity contribution in [1.82, 2.24) is 4.90 Å². The highest BCUT2D eigenvalue weighted by molar-refractivity contribution is 6.22. The lowest BCUT2D eigenvalue weighted by molar-refractivity contribution is -0.319. The number of nitrogens with zero attached hydrogens (tertiary/aromatic N) is 2. The van der Waals surface area contributed by atoms with Gasteiger partial charge in [-0.15, -0.1) is 0 Å². The molecule has 15 atom stereocenters. The first kappa shape index (κ1) is 38.0. The maximum Gasteiger partial charge on any atom is 0.340 e. The lowest BCUT2D eigenvalue weighted by atomic mass is 9.42. The van der Waals surface area contributed by atoms with Crippen LogP contribution in [0.3, 0.4) is 0 Å². The fourth-order valence-electron chi connectivity index (χ4n) is 13.4. The molecule has 5 aliphatic carbocycles. The Bertz CT molecular complexity index is 1720. The monoisotopic (exact) mass is 752 g/mol. The van der Waals surface area contributed by atoms with Crippen molar-refractivity contribution in [2.24, 2.45) is 46.3 Å². The summed E-state index contributed by atoms with van der Waals surface area (Å²) in [6.45, 7) is 8.52. The van der Waals surface area contributed by atoms with Gasteiger partial charge in [0.1, 0.15) is 17.3 Å². The van der Waals surface area contributed by atoms with Gasteiger partial charge < -0.3 is 33.9 Å². The zero-order valence-electron chi connectivity index (χ0n) is 32.5. The minimum absolute atomic E-state index is 0.0210. The Hall–Kier alpha value is -2.94. The predicted octanol–water partition coefficient (Wildman–Crippen LogP) is 2.98. The second-order valence-corrected chi connectivity index (χ2v) is 17.5. The highest BCUT2D eigenvalue weighted by atomic mass is 16.6. The molecule has 54 heavy (non-hydrogen) atoms. The average Bonchev–Trinajstić information content (AvgIpc) is 3.68. The normalized spacial score (nSPS) is 45.1. The lowest BCUT2D eigenvalue weighted by Gasteiger charge is -2.70. The van der Waals surface area contributed by atoms with Crippen LogP contribution in [0, 0.1) is 46.3 Å². The number of esters is 2. The van der Waals surface area contributed by atoms with E-state index in [4.69, 9.17) is 23.7 Å². The Balaban J connectivity index is 1.23. The largest absolute Gasteiger partial charge is 0.461 e. The third kappa shape index (κ3) is 4.59. The van der Waals surface area contributed by atoms with Gasteiger partial charge in [-0.2, -0.15) is 0 Å². The van der Waals surface area contributed by atoms with Crippen molar-refractivity contribution in [3.8, 4) is 0 Å². The molecule has 7 fully saturated rings. The van der Waals surface area contributed by atoms with Crippen LogP contribution in [0.1, 0.15) is 76.6 Å². The van der Waals surface area contributed by atoms with Gasteiger partial charge in [0.15, 0.2) is 0 Å². The van der Waals surface area contributed by atoms with Gasteiger partial charge >= 0.3 is 11.9 Å².